The second-order valence-corrected chi connectivity index (χ2v) is 7.46. The molecule has 0 saturated carbocycles. The van der Waals surface area contributed by atoms with Crippen molar-refractivity contribution in [1.29, 1.82) is 0 Å². The van der Waals surface area contributed by atoms with Gasteiger partial charge in [-0.25, -0.2) is 4.39 Å². The highest BCUT2D eigenvalue weighted by Gasteiger charge is 2.50. The van der Waals surface area contributed by atoms with E-state index in [9.17, 15) is 22.4 Å². The first-order chi connectivity index (χ1) is 13.2. The highest BCUT2D eigenvalue weighted by Crippen LogP contribution is 2.39. The van der Waals surface area contributed by atoms with Crippen molar-refractivity contribution in [2.45, 2.75) is 37.0 Å². The van der Waals surface area contributed by atoms with Gasteiger partial charge in [-0.15, -0.1) is 12.4 Å². The van der Waals surface area contributed by atoms with Gasteiger partial charge in [-0.3, -0.25) is 15.1 Å². The fourth-order valence-corrected chi connectivity index (χ4v) is 4.09. The number of likely N-dealkylation sites (tertiary alicyclic amines) is 1. The molecule has 29 heavy (non-hydrogen) atoms. The SMILES string of the molecule is CN1CC[C@@]2(CC[C@H](c3cc(-c4ccc(C(F)(F)F)cc4)c(F)cn3)N2)C1=O.Cl. The summed E-state index contributed by atoms with van der Waals surface area (Å²) in [5.74, 6) is -0.548. The molecule has 2 atom stereocenters. The topological polar surface area (TPSA) is 45.2 Å². The minimum absolute atomic E-state index is 0. The van der Waals surface area contributed by atoms with E-state index in [2.05, 4.69) is 10.3 Å². The van der Waals surface area contributed by atoms with Gasteiger partial charge in [0.1, 0.15) is 11.4 Å². The van der Waals surface area contributed by atoms with Crippen LogP contribution in [0.1, 0.15) is 36.6 Å². The number of amides is 1. The maximum absolute atomic E-state index is 14.3. The van der Waals surface area contributed by atoms with Gasteiger partial charge in [0.25, 0.3) is 0 Å². The van der Waals surface area contributed by atoms with Gasteiger partial charge in [0.05, 0.1) is 23.5 Å². The summed E-state index contributed by atoms with van der Waals surface area (Å²) >= 11 is 0. The number of hydrogen-bond donors (Lipinski definition) is 1. The average molecular weight is 430 g/mol. The van der Waals surface area contributed by atoms with E-state index in [1.165, 1.54) is 12.1 Å². The first-order valence-electron chi connectivity index (χ1n) is 9.06. The third-order valence-electron chi connectivity index (χ3n) is 5.70. The van der Waals surface area contributed by atoms with Crippen molar-refractivity contribution in [2.24, 2.45) is 0 Å². The Labute approximate surface area is 171 Å². The highest BCUT2D eigenvalue weighted by atomic mass is 35.5. The summed E-state index contributed by atoms with van der Waals surface area (Å²) in [5.41, 5.74) is -0.260. The Kier molecular flexibility index (Phi) is 5.62. The molecule has 0 bridgehead atoms. The summed E-state index contributed by atoms with van der Waals surface area (Å²) in [5, 5.41) is 3.37. The summed E-state index contributed by atoms with van der Waals surface area (Å²) in [6, 6.07) is 5.73. The number of halogens is 5. The second-order valence-electron chi connectivity index (χ2n) is 7.46. The molecule has 2 saturated heterocycles. The fraction of sp³-hybridized carbons (Fsp3) is 0.400. The number of rotatable bonds is 2. The van der Waals surface area contributed by atoms with Crippen LogP contribution in [0, 0.1) is 5.82 Å². The van der Waals surface area contributed by atoms with E-state index in [1.807, 2.05) is 0 Å². The minimum atomic E-state index is -4.44. The van der Waals surface area contributed by atoms with Gasteiger partial charge in [0, 0.05) is 19.2 Å². The van der Waals surface area contributed by atoms with E-state index >= 15 is 0 Å². The van der Waals surface area contributed by atoms with Crippen LogP contribution in [0.3, 0.4) is 0 Å². The normalized spacial score (nSPS) is 24.2. The fourth-order valence-electron chi connectivity index (χ4n) is 4.09. The molecule has 0 aliphatic carbocycles. The number of hydrogen-bond acceptors (Lipinski definition) is 3. The van der Waals surface area contributed by atoms with Crippen LogP contribution in [-0.4, -0.2) is 34.9 Å². The number of likely N-dealkylation sites (N-methyl/N-ethyl adjacent to an activating group) is 1. The molecule has 1 aromatic carbocycles. The largest absolute Gasteiger partial charge is 0.416 e. The molecule has 2 aliphatic rings. The van der Waals surface area contributed by atoms with Gasteiger partial charge in [-0.05, 0) is 43.0 Å². The molecule has 1 amide bonds. The lowest BCUT2D eigenvalue weighted by Gasteiger charge is -2.23. The number of carbonyl (C=O) groups is 1. The summed E-state index contributed by atoms with van der Waals surface area (Å²) in [6.07, 6.45) is -1.28. The van der Waals surface area contributed by atoms with Crippen LogP contribution in [-0.2, 0) is 11.0 Å². The minimum Gasteiger partial charge on any atom is -0.344 e. The third kappa shape index (κ3) is 3.83. The molecule has 1 N–H and O–H groups in total. The molecule has 3 heterocycles. The first kappa shape index (κ1) is 21.5. The van der Waals surface area contributed by atoms with Crippen LogP contribution < -0.4 is 5.32 Å². The molecule has 4 rings (SSSR count). The number of aromatic nitrogens is 1. The summed E-state index contributed by atoms with van der Waals surface area (Å²) in [6.45, 7) is 0.687. The van der Waals surface area contributed by atoms with Crippen molar-refractivity contribution < 1.29 is 22.4 Å². The Hall–Kier alpha value is -2.19. The van der Waals surface area contributed by atoms with E-state index in [1.54, 1.807) is 18.0 Å². The average Bonchev–Trinajstić information content (AvgIpc) is 3.22. The van der Waals surface area contributed by atoms with Crippen molar-refractivity contribution >= 4 is 18.3 Å². The summed E-state index contributed by atoms with van der Waals surface area (Å²) < 4.78 is 52.6. The molecule has 156 valence electrons. The van der Waals surface area contributed by atoms with Gasteiger partial charge in [0.15, 0.2) is 0 Å². The van der Waals surface area contributed by atoms with E-state index in [0.717, 1.165) is 18.3 Å². The van der Waals surface area contributed by atoms with Crippen LogP contribution in [0.5, 0.6) is 0 Å². The predicted octanol–water partition coefficient (Wildman–Crippen LogP) is 4.35. The van der Waals surface area contributed by atoms with Crippen molar-refractivity contribution in [1.82, 2.24) is 15.2 Å². The Balaban J connectivity index is 0.00000240. The molecule has 1 spiro atoms. The van der Waals surface area contributed by atoms with E-state index in [-0.39, 0.29) is 29.9 Å². The number of nitrogens with zero attached hydrogens (tertiary/aromatic N) is 2. The molecule has 0 unspecified atom stereocenters. The van der Waals surface area contributed by atoms with Gasteiger partial charge >= 0.3 is 6.18 Å². The molecule has 1 aromatic heterocycles. The van der Waals surface area contributed by atoms with Crippen LogP contribution in [0.25, 0.3) is 11.1 Å². The quantitative estimate of drug-likeness (QED) is 0.722. The lowest BCUT2D eigenvalue weighted by atomic mass is 9.96. The molecule has 2 aromatic rings. The first-order valence-corrected chi connectivity index (χ1v) is 9.06. The van der Waals surface area contributed by atoms with Crippen molar-refractivity contribution in [2.75, 3.05) is 13.6 Å². The molecular formula is C20H20ClF4N3O. The lowest BCUT2D eigenvalue weighted by Crippen LogP contribution is -2.47. The monoisotopic (exact) mass is 429 g/mol. The van der Waals surface area contributed by atoms with Crippen molar-refractivity contribution in [3.05, 3.63) is 53.6 Å². The van der Waals surface area contributed by atoms with Crippen molar-refractivity contribution in [3.8, 4) is 11.1 Å². The van der Waals surface area contributed by atoms with Gasteiger partial charge in [-0.1, -0.05) is 12.1 Å². The maximum Gasteiger partial charge on any atom is 0.416 e. The van der Waals surface area contributed by atoms with Gasteiger partial charge in [0.2, 0.25) is 5.91 Å². The van der Waals surface area contributed by atoms with Gasteiger partial charge in [-0.2, -0.15) is 13.2 Å². The number of pyridine rings is 1. The lowest BCUT2D eigenvalue weighted by molar-refractivity contribution is -0.137. The highest BCUT2D eigenvalue weighted by molar-refractivity contribution is 5.88. The second kappa shape index (κ2) is 7.57. The zero-order chi connectivity index (χ0) is 20.1. The van der Waals surface area contributed by atoms with Crippen LogP contribution in [0.4, 0.5) is 17.6 Å². The molecule has 4 nitrogen and oxygen atoms in total. The molecule has 2 fully saturated rings. The smallest absolute Gasteiger partial charge is 0.344 e. The maximum atomic E-state index is 14.3. The summed E-state index contributed by atoms with van der Waals surface area (Å²) in [7, 11) is 1.77. The van der Waals surface area contributed by atoms with Crippen LogP contribution >= 0.6 is 12.4 Å². The van der Waals surface area contributed by atoms with E-state index in [0.29, 0.717) is 37.1 Å². The van der Waals surface area contributed by atoms with Crippen LogP contribution in [0.2, 0.25) is 0 Å². The Morgan fingerprint density at radius 3 is 2.48 bits per heavy atom. The Morgan fingerprint density at radius 1 is 1.21 bits per heavy atom. The van der Waals surface area contributed by atoms with Crippen molar-refractivity contribution in [3.63, 3.8) is 0 Å². The van der Waals surface area contributed by atoms with Gasteiger partial charge < -0.3 is 4.90 Å². The predicted molar refractivity (Wildman–Crippen MR) is 102 cm³/mol. The number of benzene rings is 1. The standard InChI is InChI=1S/C20H19F4N3O.ClH/c1-27-9-8-19(18(27)28)7-6-16(26-19)17-10-14(15(21)11-25-17)12-2-4-13(5-3-12)20(22,23)24;/h2-5,10-11,16,26H,6-9H2,1H3;1H/t16-,19+;/m1./s1. The molecule has 0 radical (unpaired) electrons. The third-order valence-corrected chi connectivity index (χ3v) is 5.70. The number of nitrogens with one attached hydrogen (secondary N) is 1. The number of carbonyl (C=O) groups excluding carboxylic acids is 1. The Bertz CT molecular complexity index is 919. The van der Waals surface area contributed by atoms with E-state index in [4.69, 9.17) is 0 Å². The molecule has 2 aliphatic heterocycles. The number of alkyl halides is 3. The zero-order valence-corrected chi connectivity index (χ0v) is 16.4. The molecule has 9 heteroatoms. The van der Waals surface area contributed by atoms with E-state index < -0.39 is 23.1 Å². The Morgan fingerprint density at radius 2 is 1.90 bits per heavy atom. The summed E-state index contributed by atoms with van der Waals surface area (Å²) in [4.78, 5) is 18.3. The molecular weight excluding hydrogens is 410 g/mol. The van der Waals surface area contributed by atoms with Crippen LogP contribution in [0.15, 0.2) is 36.5 Å². The zero-order valence-electron chi connectivity index (χ0n) is 15.6.